The number of aryl methyl sites for hydroxylation is 1. The third-order valence-corrected chi connectivity index (χ3v) is 5.22. The number of piperidine rings is 1. The first-order chi connectivity index (χ1) is 14.1. The molecule has 2 amide bonds. The zero-order valence-electron chi connectivity index (χ0n) is 16.8. The average molecular weight is 400 g/mol. The van der Waals surface area contributed by atoms with Crippen LogP contribution in [-0.4, -0.2) is 57.1 Å². The van der Waals surface area contributed by atoms with Crippen LogP contribution in [0.1, 0.15) is 37.7 Å². The van der Waals surface area contributed by atoms with Crippen LogP contribution >= 0.6 is 0 Å². The number of carbonyl (C=O) groups is 2. The molecule has 0 unspecified atom stereocenters. The second kappa shape index (κ2) is 10.5. The number of nitrogens with zero attached hydrogens (tertiary/aromatic N) is 5. The highest BCUT2D eigenvalue weighted by Gasteiger charge is 2.24. The summed E-state index contributed by atoms with van der Waals surface area (Å²) < 4.78 is 6.76. The van der Waals surface area contributed by atoms with Gasteiger partial charge in [0.25, 0.3) is 0 Å². The lowest BCUT2D eigenvalue weighted by Crippen LogP contribution is -2.40. The Morgan fingerprint density at radius 3 is 3.00 bits per heavy atom. The maximum Gasteiger partial charge on any atom is 0.224 e. The van der Waals surface area contributed by atoms with Crippen LogP contribution in [0.15, 0.2) is 30.6 Å². The number of nitrogens with one attached hydrogen (secondary N) is 1. The Morgan fingerprint density at radius 2 is 2.21 bits per heavy atom. The predicted octanol–water partition coefficient (Wildman–Crippen LogP) is 1.41. The first-order valence-electron chi connectivity index (χ1n) is 10.0. The molecular weight excluding hydrogens is 372 g/mol. The molecule has 1 aliphatic rings. The average Bonchev–Trinajstić information content (AvgIpc) is 3.28. The minimum Gasteiger partial charge on any atom is -0.497 e. The fourth-order valence-electron chi connectivity index (χ4n) is 3.58. The number of tetrazole rings is 1. The Morgan fingerprint density at radius 1 is 1.31 bits per heavy atom. The van der Waals surface area contributed by atoms with E-state index in [1.54, 1.807) is 11.8 Å². The molecule has 0 bridgehead atoms. The number of amides is 2. The summed E-state index contributed by atoms with van der Waals surface area (Å²) in [6.07, 6.45) is 5.20. The number of rotatable bonds is 9. The van der Waals surface area contributed by atoms with Gasteiger partial charge in [0.15, 0.2) is 0 Å². The van der Waals surface area contributed by atoms with Crippen LogP contribution in [0.25, 0.3) is 0 Å². The van der Waals surface area contributed by atoms with Gasteiger partial charge in [-0.2, -0.15) is 0 Å². The molecule has 0 radical (unpaired) electrons. The molecule has 9 heteroatoms. The van der Waals surface area contributed by atoms with Gasteiger partial charge in [-0.25, -0.2) is 4.68 Å². The summed E-state index contributed by atoms with van der Waals surface area (Å²) in [5, 5.41) is 13.9. The van der Waals surface area contributed by atoms with Gasteiger partial charge in [0.2, 0.25) is 11.8 Å². The van der Waals surface area contributed by atoms with Crippen LogP contribution in [0.2, 0.25) is 0 Å². The van der Waals surface area contributed by atoms with Crippen molar-refractivity contribution in [2.45, 2.75) is 45.2 Å². The zero-order chi connectivity index (χ0) is 20.5. The number of benzene rings is 1. The third-order valence-electron chi connectivity index (χ3n) is 5.22. The van der Waals surface area contributed by atoms with Crippen molar-refractivity contribution in [2.75, 3.05) is 20.2 Å². The van der Waals surface area contributed by atoms with E-state index in [9.17, 15) is 9.59 Å². The van der Waals surface area contributed by atoms with Crippen LogP contribution in [0.3, 0.4) is 0 Å². The number of ether oxygens (including phenoxy) is 1. The Balaban J connectivity index is 1.37. The lowest BCUT2D eigenvalue weighted by Gasteiger charge is -2.32. The van der Waals surface area contributed by atoms with Gasteiger partial charge in [-0.3, -0.25) is 9.59 Å². The van der Waals surface area contributed by atoms with E-state index < -0.39 is 0 Å². The minimum atomic E-state index is 0.0370. The van der Waals surface area contributed by atoms with Gasteiger partial charge in [0.05, 0.1) is 13.7 Å². The molecule has 2 aromatic rings. The maximum absolute atomic E-state index is 12.4. The van der Waals surface area contributed by atoms with E-state index in [-0.39, 0.29) is 11.8 Å². The SMILES string of the molecule is COc1cccc(CNC(=O)CC[C@H]2CCCN(C(=O)CCn3cnnn3)C2)c1. The monoisotopic (exact) mass is 400 g/mol. The van der Waals surface area contributed by atoms with Gasteiger partial charge >= 0.3 is 0 Å². The zero-order valence-corrected chi connectivity index (χ0v) is 16.8. The topological polar surface area (TPSA) is 102 Å². The molecule has 0 saturated carbocycles. The van der Waals surface area contributed by atoms with Crippen molar-refractivity contribution in [1.82, 2.24) is 30.4 Å². The molecule has 1 aromatic heterocycles. The van der Waals surface area contributed by atoms with Gasteiger partial charge in [0.1, 0.15) is 12.1 Å². The molecule has 0 spiro atoms. The quantitative estimate of drug-likeness (QED) is 0.683. The van der Waals surface area contributed by atoms with Crippen LogP contribution in [0.5, 0.6) is 5.75 Å². The number of hydrogen-bond donors (Lipinski definition) is 1. The van der Waals surface area contributed by atoms with Crippen molar-refractivity contribution in [3.05, 3.63) is 36.2 Å². The largest absolute Gasteiger partial charge is 0.497 e. The van der Waals surface area contributed by atoms with Gasteiger partial charge in [-0.05, 0) is 53.3 Å². The molecule has 3 rings (SSSR count). The summed E-state index contributed by atoms with van der Waals surface area (Å²) in [7, 11) is 1.63. The van der Waals surface area contributed by atoms with Crippen molar-refractivity contribution in [1.29, 1.82) is 0 Å². The summed E-state index contributed by atoms with van der Waals surface area (Å²) in [6.45, 7) is 2.48. The standard InChI is InChI=1S/C20H28N6O3/c1-29-18-6-2-4-17(12-18)13-21-19(27)8-7-16-5-3-10-25(14-16)20(28)9-11-26-15-22-23-24-26/h2,4,6,12,15-16H,3,5,7-11,13-14H2,1H3,(H,21,27)/t16-/m1/s1. The van der Waals surface area contributed by atoms with Gasteiger partial charge in [0, 0.05) is 32.5 Å². The summed E-state index contributed by atoms with van der Waals surface area (Å²) >= 11 is 0. The molecule has 9 nitrogen and oxygen atoms in total. The van der Waals surface area contributed by atoms with Crippen LogP contribution in [0, 0.1) is 5.92 Å². The van der Waals surface area contributed by atoms with E-state index in [1.807, 2.05) is 29.2 Å². The lowest BCUT2D eigenvalue weighted by molar-refractivity contribution is -0.133. The van der Waals surface area contributed by atoms with Crippen molar-refractivity contribution in [3.8, 4) is 5.75 Å². The molecule has 1 aromatic carbocycles. The second-order valence-electron chi connectivity index (χ2n) is 7.34. The Kier molecular flexibility index (Phi) is 7.54. The minimum absolute atomic E-state index is 0.0370. The molecule has 1 atom stereocenters. The van der Waals surface area contributed by atoms with E-state index >= 15 is 0 Å². The molecule has 29 heavy (non-hydrogen) atoms. The Hall–Kier alpha value is -2.97. The van der Waals surface area contributed by atoms with Crippen molar-refractivity contribution >= 4 is 11.8 Å². The van der Waals surface area contributed by atoms with E-state index in [4.69, 9.17) is 4.74 Å². The number of methoxy groups -OCH3 is 1. The number of carbonyl (C=O) groups excluding carboxylic acids is 2. The Labute approximate surface area is 170 Å². The van der Waals surface area contributed by atoms with E-state index in [0.29, 0.717) is 31.8 Å². The number of likely N-dealkylation sites (tertiary alicyclic amines) is 1. The highest BCUT2D eigenvalue weighted by atomic mass is 16.5. The van der Waals surface area contributed by atoms with Crippen molar-refractivity contribution in [2.24, 2.45) is 5.92 Å². The van der Waals surface area contributed by atoms with Crippen LogP contribution in [-0.2, 0) is 22.7 Å². The molecule has 1 saturated heterocycles. The van der Waals surface area contributed by atoms with Crippen LogP contribution in [0.4, 0.5) is 0 Å². The first-order valence-corrected chi connectivity index (χ1v) is 10.0. The van der Waals surface area contributed by atoms with Crippen molar-refractivity contribution in [3.63, 3.8) is 0 Å². The van der Waals surface area contributed by atoms with Crippen molar-refractivity contribution < 1.29 is 14.3 Å². The molecular formula is C20H28N6O3. The number of aromatic nitrogens is 4. The number of hydrogen-bond acceptors (Lipinski definition) is 6. The summed E-state index contributed by atoms with van der Waals surface area (Å²) in [5.41, 5.74) is 1.01. The van der Waals surface area contributed by atoms with Gasteiger partial charge < -0.3 is 15.0 Å². The smallest absolute Gasteiger partial charge is 0.224 e. The normalized spacial score (nSPS) is 16.4. The highest BCUT2D eigenvalue weighted by molar-refractivity contribution is 5.76. The summed E-state index contributed by atoms with van der Waals surface area (Å²) in [4.78, 5) is 26.6. The highest BCUT2D eigenvalue weighted by Crippen LogP contribution is 2.21. The first kappa shape index (κ1) is 20.8. The van der Waals surface area contributed by atoms with E-state index in [0.717, 1.165) is 43.7 Å². The molecule has 2 heterocycles. The van der Waals surface area contributed by atoms with Gasteiger partial charge in [-0.15, -0.1) is 5.10 Å². The lowest BCUT2D eigenvalue weighted by atomic mass is 9.93. The van der Waals surface area contributed by atoms with E-state index in [1.165, 1.54) is 6.33 Å². The maximum atomic E-state index is 12.4. The molecule has 1 N–H and O–H groups in total. The third kappa shape index (κ3) is 6.55. The molecule has 156 valence electrons. The fourth-order valence-corrected chi connectivity index (χ4v) is 3.58. The fraction of sp³-hybridized carbons (Fsp3) is 0.550. The summed E-state index contributed by atoms with van der Waals surface area (Å²) in [6, 6.07) is 7.67. The summed E-state index contributed by atoms with van der Waals surface area (Å²) in [5.74, 6) is 1.30. The molecule has 1 aliphatic heterocycles. The Bertz CT molecular complexity index is 795. The second-order valence-corrected chi connectivity index (χ2v) is 7.34. The van der Waals surface area contributed by atoms with Gasteiger partial charge in [-0.1, -0.05) is 12.1 Å². The molecule has 0 aliphatic carbocycles. The molecule has 1 fully saturated rings. The predicted molar refractivity (Wildman–Crippen MR) is 106 cm³/mol. The van der Waals surface area contributed by atoms with E-state index in [2.05, 4.69) is 20.8 Å². The van der Waals surface area contributed by atoms with Crippen LogP contribution < -0.4 is 10.1 Å².